The van der Waals surface area contributed by atoms with Crippen molar-refractivity contribution < 1.29 is 4.79 Å². The number of fused-ring (bicyclic) bond motifs is 1. The fourth-order valence-corrected chi connectivity index (χ4v) is 2.73. The van der Waals surface area contributed by atoms with Crippen molar-refractivity contribution in [3.8, 4) is 0 Å². The van der Waals surface area contributed by atoms with Crippen LogP contribution < -0.4 is 5.56 Å². The third-order valence-electron chi connectivity index (χ3n) is 4.04. The Balaban J connectivity index is 1.79. The van der Waals surface area contributed by atoms with Gasteiger partial charge in [0.05, 0.1) is 16.6 Å². The minimum atomic E-state index is -0.201. The van der Waals surface area contributed by atoms with Crippen molar-refractivity contribution >= 4 is 22.4 Å². The van der Waals surface area contributed by atoms with E-state index in [4.69, 9.17) is 0 Å². The van der Waals surface area contributed by atoms with Crippen molar-refractivity contribution in [1.29, 1.82) is 0 Å². The van der Waals surface area contributed by atoms with Crippen molar-refractivity contribution in [2.45, 2.75) is 25.8 Å². The Hall–Kier alpha value is -2.98. The lowest BCUT2D eigenvalue weighted by atomic mass is 10.1. The van der Waals surface area contributed by atoms with Crippen LogP contribution in [0, 0.1) is 6.92 Å². The zero-order chi connectivity index (χ0) is 16.0. The molecule has 6 heteroatoms. The maximum absolute atomic E-state index is 11.9. The van der Waals surface area contributed by atoms with Crippen LogP contribution >= 0.6 is 0 Å². The van der Waals surface area contributed by atoms with Gasteiger partial charge in [-0.3, -0.25) is 9.78 Å². The molecule has 1 fully saturated rings. The fraction of sp³-hybridized carbons (Fsp3) is 0.235. The summed E-state index contributed by atoms with van der Waals surface area (Å²) in [6, 6.07) is 2.18. The summed E-state index contributed by atoms with van der Waals surface area (Å²) in [4.78, 5) is 36.4. The summed E-state index contributed by atoms with van der Waals surface area (Å²) in [5, 5.41) is 0.450. The number of pyridine rings is 1. The molecule has 3 heterocycles. The molecule has 6 nitrogen and oxygen atoms in total. The van der Waals surface area contributed by atoms with Crippen molar-refractivity contribution in [3.63, 3.8) is 0 Å². The molecule has 1 N–H and O–H groups in total. The molecule has 0 atom stereocenters. The minimum absolute atomic E-state index is 0.201. The summed E-state index contributed by atoms with van der Waals surface area (Å²) in [6.07, 6.45) is 9.31. The summed E-state index contributed by atoms with van der Waals surface area (Å²) in [6.45, 7) is 1.74. The summed E-state index contributed by atoms with van der Waals surface area (Å²) in [7, 11) is 0. The first-order valence-electron chi connectivity index (χ1n) is 7.46. The van der Waals surface area contributed by atoms with Crippen molar-refractivity contribution in [2.24, 2.45) is 0 Å². The molecule has 2 aromatic heterocycles. The second kappa shape index (κ2) is 5.04. The smallest absolute Gasteiger partial charge is 0.260 e. The van der Waals surface area contributed by atoms with Gasteiger partial charge in [-0.25, -0.2) is 9.78 Å². The lowest BCUT2D eigenvalue weighted by Gasteiger charge is -2.22. The van der Waals surface area contributed by atoms with Gasteiger partial charge in [-0.2, -0.15) is 0 Å². The number of aryl methyl sites for hydroxylation is 1. The quantitative estimate of drug-likeness (QED) is 0.855. The molecular weight excluding hydrogens is 292 g/mol. The monoisotopic (exact) mass is 306 g/mol. The third kappa shape index (κ3) is 2.39. The number of allylic oxidation sites excluding steroid dienone is 3. The standard InChI is InChI=1S/C17H14N4O2/c1-10-19-16-7-15(18-8-14(16)17(23)20-10)11-4-5-21(12-2-3-12)13(6-11)9-22/h4-8,12H,2-3H2,1H3,(H,19,20,23). The molecule has 0 bridgehead atoms. The van der Waals surface area contributed by atoms with Crippen LogP contribution in [0.5, 0.6) is 0 Å². The molecule has 1 aliphatic heterocycles. The fourth-order valence-electron chi connectivity index (χ4n) is 2.73. The number of hydrogen-bond donors (Lipinski definition) is 1. The lowest BCUT2D eigenvalue weighted by molar-refractivity contribution is 0.463. The molecule has 2 aliphatic rings. The van der Waals surface area contributed by atoms with E-state index in [0.717, 1.165) is 18.4 Å². The number of carbonyl (C=O) groups excluding carboxylic acids is 1. The Bertz CT molecular complexity index is 976. The molecule has 0 amide bonds. The number of aromatic nitrogens is 3. The Morgan fingerprint density at radius 1 is 1.39 bits per heavy atom. The van der Waals surface area contributed by atoms with E-state index in [2.05, 4.69) is 15.0 Å². The molecule has 0 aromatic carbocycles. The molecule has 23 heavy (non-hydrogen) atoms. The molecule has 0 saturated heterocycles. The average molecular weight is 306 g/mol. The first-order valence-corrected chi connectivity index (χ1v) is 7.46. The first kappa shape index (κ1) is 13.7. The van der Waals surface area contributed by atoms with Gasteiger partial charge in [0, 0.05) is 24.0 Å². The van der Waals surface area contributed by atoms with Crippen molar-refractivity contribution in [1.82, 2.24) is 19.9 Å². The summed E-state index contributed by atoms with van der Waals surface area (Å²) in [5.74, 6) is 2.55. The van der Waals surface area contributed by atoms with E-state index in [0.29, 0.717) is 34.2 Å². The average Bonchev–Trinajstić information content (AvgIpc) is 3.38. The summed E-state index contributed by atoms with van der Waals surface area (Å²) >= 11 is 0. The van der Waals surface area contributed by atoms with E-state index in [1.54, 1.807) is 19.1 Å². The van der Waals surface area contributed by atoms with Gasteiger partial charge >= 0.3 is 0 Å². The summed E-state index contributed by atoms with van der Waals surface area (Å²) in [5.41, 5.74) is 2.39. The number of nitrogens with one attached hydrogen (secondary N) is 1. The van der Waals surface area contributed by atoms with Gasteiger partial charge in [-0.05, 0) is 38.0 Å². The maximum Gasteiger partial charge on any atom is 0.260 e. The van der Waals surface area contributed by atoms with Crippen LogP contribution in [0.2, 0.25) is 0 Å². The topological polar surface area (TPSA) is 79.0 Å². The van der Waals surface area contributed by atoms with Gasteiger partial charge in [0.25, 0.3) is 5.56 Å². The highest BCUT2D eigenvalue weighted by atomic mass is 16.1. The highest BCUT2D eigenvalue weighted by molar-refractivity contribution is 5.84. The second-order valence-corrected chi connectivity index (χ2v) is 5.78. The lowest BCUT2D eigenvalue weighted by Crippen LogP contribution is -2.20. The van der Waals surface area contributed by atoms with Crippen LogP contribution in [0.1, 0.15) is 24.4 Å². The largest absolute Gasteiger partial charge is 0.336 e. The summed E-state index contributed by atoms with van der Waals surface area (Å²) < 4.78 is 0. The molecule has 114 valence electrons. The second-order valence-electron chi connectivity index (χ2n) is 5.78. The molecule has 0 unspecified atom stereocenters. The number of rotatable bonds is 2. The highest BCUT2D eigenvalue weighted by Crippen LogP contribution is 2.33. The van der Waals surface area contributed by atoms with E-state index in [1.807, 2.05) is 23.1 Å². The zero-order valence-electron chi connectivity index (χ0n) is 12.5. The van der Waals surface area contributed by atoms with E-state index in [-0.39, 0.29) is 5.56 Å². The van der Waals surface area contributed by atoms with E-state index < -0.39 is 0 Å². The predicted octanol–water partition coefficient (Wildman–Crippen LogP) is 1.72. The Labute approximate surface area is 131 Å². The Kier molecular flexibility index (Phi) is 2.99. The van der Waals surface area contributed by atoms with E-state index in [9.17, 15) is 9.59 Å². The van der Waals surface area contributed by atoms with Crippen molar-refractivity contribution in [2.75, 3.05) is 0 Å². The molecule has 1 aliphatic carbocycles. The maximum atomic E-state index is 11.9. The van der Waals surface area contributed by atoms with Gasteiger partial charge < -0.3 is 9.88 Å². The molecule has 0 spiro atoms. The Morgan fingerprint density at radius 2 is 2.22 bits per heavy atom. The Morgan fingerprint density at radius 3 is 2.96 bits per heavy atom. The highest BCUT2D eigenvalue weighted by Gasteiger charge is 2.30. The SMILES string of the molecule is Cc1nc2cc(C3=CC(=C=O)N(C4CC4)C=C3)ncc2c(=O)[nH]1. The van der Waals surface area contributed by atoms with Gasteiger partial charge in [-0.1, -0.05) is 0 Å². The molecular formula is C17H14N4O2. The third-order valence-corrected chi connectivity index (χ3v) is 4.04. The predicted molar refractivity (Wildman–Crippen MR) is 86.1 cm³/mol. The number of hydrogen-bond acceptors (Lipinski definition) is 5. The first-order chi connectivity index (χ1) is 11.2. The zero-order valence-corrected chi connectivity index (χ0v) is 12.5. The molecule has 0 radical (unpaired) electrons. The number of H-pyrrole nitrogens is 1. The van der Waals surface area contributed by atoms with Crippen LogP contribution in [-0.2, 0) is 4.79 Å². The molecule has 2 aromatic rings. The van der Waals surface area contributed by atoms with Crippen LogP contribution in [0.4, 0.5) is 0 Å². The van der Waals surface area contributed by atoms with Gasteiger partial charge in [-0.15, -0.1) is 0 Å². The van der Waals surface area contributed by atoms with Crippen LogP contribution in [0.25, 0.3) is 16.5 Å². The number of nitrogens with zero attached hydrogens (tertiary/aromatic N) is 3. The normalized spacial score (nSPS) is 17.3. The van der Waals surface area contributed by atoms with Crippen molar-refractivity contribution in [3.05, 3.63) is 58.2 Å². The molecule has 1 saturated carbocycles. The van der Waals surface area contributed by atoms with E-state index in [1.165, 1.54) is 6.20 Å². The van der Waals surface area contributed by atoms with Crippen LogP contribution in [0.3, 0.4) is 0 Å². The van der Waals surface area contributed by atoms with E-state index >= 15 is 0 Å². The molecule has 4 rings (SSSR count). The van der Waals surface area contributed by atoms with Crippen LogP contribution in [0.15, 0.2) is 41.1 Å². The number of aromatic amines is 1. The minimum Gasteiger partial charge on any atom is -0.336 e. The van der Waals surface area contributed by atoms with Gasteiger partial charge in [0.2, 0.25) is 0 Å². The van der Waals surface area contributed by atoms with Crippen LogP contribution in [-0.4, -0.2) is 31.8 Å². The van der Waals surface area contributed by atoms with Gasteiger partial charge in [0.1, 0.15) is 11.5 Å². The van der Waals surface area contributed by atoms with Gasteiger partial charge in [0.15, 0.2) is 5.94 Å².